The second-order valence-corrected chi connectivity index (χ2v) is 7.05. The van der Waals surface area contributed by atoms with Crippen LogP contribution >= 0.6 is 0 Å². The first-order chi connectivity index (χ1) is 12.2. The van der Waals surface area contributed by atoms with Gasteiger partial charge in [0, 0.05) is 24.7 Å². The van der Waals surface area contributed by atoms with Crippen LogP contribution in [0.1, 0.15) is 44.6 Å². The average Bonchev–Trinajstić information content (AvgIpc) is 3.06. The van der Waals surface area contributed by atoms with Crippen molar-refractivity contribution in [2.45, 2.75) is 45.6 Å². The molecule has 2 aliphatic rings. The summed E-state index contributed by atoms with van der Waals surface area (Å²) in [5.41, 5.74) is 0.864. The van der Waals surface area contributed by atoms with Crippen LogP contribution in [0.15, 0.2) is 12.1 Å². The van der Waals surface area contributed by atoms with Crippen molar-refractivity contribution in [2.24, 2.45) is 11.8 Å². The van der Waals surface area contributed by atoms with Crippen molar-refractivity contribution in [3.63, 3.8) is 0 Å². The van der Waals surface area contributed by atoms with Gasteiger partial charge in [-0.3, -0.25) is 0 Å². The SMILES string of the molecule is COc1cc2c(cc1CNC(=O)NCCC1CCCC(C)C1)OCO2. The molecule has 0 spiro atoms. The first-order valence-corrected chi connectivity index (χ1v) is 9.14. The average molecular weight is 348 g/mol. The topological polar surface area (TPSA) is 68.8 Å². The van der Waals surface area contributed by atoms with Gasteiger partial charge in [0.05, 0.1) is 7.11 Å². The van der Waals surface area contributed by atoms with Crippen LogP contribution in [0.3, 0.4) is 0 Å². The summed E-state index contributed by atoms with van der Waals surface area (Å²) in [6.45, 7) is 3.65. The van der Waals surface area contributed by atoms with Crippen LogP contribution in [-0.2, 0) is 6.54 Å². The van der Waals surface area contributed by atoms with Crippen molar-refractivity contribution in [1.82, 2.24) is 10.6 Å². The molecule has 1 fully saturated rings. The lowest BCUT2D eigenvalue weighted by Crippen LogP contribution is -2.36. The van der Waals surface area contributed by atoms with Crippen molar-refractivity contribution in [1.29, 1.82) is 0 Å². The van der Waals surface area contributed by atoms with Gasteiger partial charge in [0.25, 0.3) is 0 Å². The minimum absolute atomic E-state index is 0.149. The monoisotopic (exact) mass is 348 g/mol. The minimum atomic E-state index is -0.149. The van der Waals surface area contributed by atoms with Gasteiger partial charge in [-0.25, -0.2) is 4.79 Å². The number of ether oxygens (including phenoxy) is 3. The third-order valence-corrected chi connectivity index (χ3v) is 5.10. The fourth-order valence-electron chi connectivity index (χ4n) is 3.74. The Balaban J connectivity index is 1.43. The molecule has 0 bridgehead atoms. The van der Waals surface area contributed by atoms with E-state index in [0.29, 0.717) is 23.8 Å². The number of carbonyl (C=O) groups is 1. The van der Waals surface area contributed by atoms with E-state index in [1.54, 1.807) is 13.2 Å². The Kier molecular flexibility index (Phi) is 5.89. The normalized spacial score (nSPS) is 21.7. The highest BCUT2D eigenvalue weighted by Crippen LogP contribution is 2.38. The lowest BCUT2D eigenvalue weighted by atomic mass is 9.81. The van der Waals surface area contributed by atoms with E-state index in [0.717, 1.165) is 30.4 Å². The summed E-state index contributed by atoms with van der Waals surface area (Å²) in [5, 5.41) is 5.84. The summed E-state index contributed by atoms with van der Waals surface area (Å²) in [6.07, 6.45) is 6.31. The van der Waals surface area contributed by atoms with Crippen LogP contribution in [-0.4, -0.2) is 26.5 Å². The second-order valence-electron chi connectivity index (χ2n) is 7.05. The molecule has 2 amide bonds. The molecule has 2 atom stereocenters. The van der Waals surface area contributed by atoms with E-state index in [-0.39, 0.29) is 12.8 Å². The highest BCUT2D eigenvalue weighted by Gasteiger charge is 2.19. The van der Waals surface area contributed by atoms with E-state index in [4.69, 9.17) is 14.2 Å². The third-order valence-electron chi connectivity index (χ3n) is 5.10. The summed E-state index contributed by atoms with van der Waals surface area (Å²) >= 11 is 0. The molecule has 1 aliphatic heterocycles. The van der Waals surface area contributed by atoms with Gasteiger partial charge in [0.1, 0.15) is 5.75 Å². The number of carbonyl (C=O) groups excluding carboxylic acids is 1. The molecule has 1 aliphatic carbocycles. The Morgan fingerprint density at radius 3 is 2.80 bits per heavy atom. The largest absolute Gasteiger partial charge is 0.496 e. The molecule has 1 aromatic carbocycles. The van der Waals surface area contributed by atoms with E-state index in [9.17, 15) is 4.79 Å². The molecular weight excluding hydrogens is 320 g/mol. The maximum absolute atomic E-state index is 12.0. The van der Waals surface area contributed by atoms with Crippen molar-refractivity contribution in [3.8, 4) is 17.2 Å². The lowest BCUT2D eigenvalue weighted by Gasteiger charge is -2.26. The molecular formula is C19H28N2O4. The van der Waals surface area contributed by atoms with Gasteiger partial charge in [-0.1, -0.05) is 26.2 Å². The number of methoxy groups -OCH3 is 1. The number of nitrogens with one attached hydrogen (secondary N) is 2. The van der Waals surface area contributed by atoms with Crippen LogP contribution in [0.4, 0.5) is 4.79 Å². The molecule has 3 rings (SSSR count). The quantitative estimate of drug-likeness (QED) is 0.826. The number of hydrogen-bond donors (Lipinski definition) is 2. The molecule has 1 saturated carbocycles. The fourth-order valence-corrected chi connectivity index (χ4v) is 3.74. The zero-order chi connectivity index (χ0) is 17.6. The van der Waals surface area contributed by atoms with Crippen molar-refractivity contribution < 1.29 is 19.0 Å². The molecule has 6 nitrogen and oxygen atoms in total. The van der Waals surface area contributed by atoms with E-state index in [1.807, 2.05) is 6.07 Å². The van der Waals surface area contributed by atoms with Crippen LogP contribution in [0.5, 0.6) is 17.2 Å². The van der Waals surface area contributed by atoms with Crippen LogP contribution < -0.4 is 24.8 Å². The second kappa shape index (κ2) is 8.32. The Morgan fingerprint density at radius 2 is 2.04 bits per heavy atom. The van der Waals surface area contributed by atoms with Crippen molar-refractivity contribution in [3.05, 3.63) is 17.7 Å². The van der Waals surface area contributed by atoms with Gasteiger partial charge in [-0.05, 0) is 30.7 Å². The summed E-state index contributed by atoms with van der Waals surface area (Å²) in [5.74, 6) is 3.61. The molecule has 1 aromatic rings. The summed E-state index contributed by atoms with van der Waals surface area (Å²) in [6, 6.07) is 3.50. The van der Waals surface area contributed by atoms with E-state index >= 15 is 0 Å². The highest BCUT2D eigenvalue weighted by molar-refractivity contribution is 5.74. The predicted molar refractivity (Wildman–Crippen MR) is 95.1 cm³/mol. The van der Waals surface area contributed by atoms with E-state index in [1.165, 1.54) is 25.7 Å². The zero-order valence-electron chi connectivity index (χ0n) is 15.1. The smallest absolute Gasteiger partial charge is 0.315 e. The molecule has 1 heterocycles. The maximum atomic E-state index is 12.0. The lowest BCUT2D eigenvalue weighted by molar-refractivity contribution is 0.174. The molecule has 2 unspecified atom stereocenters. The van der Waals surface area contributed by atoms with Crippen LogP contribution in [0, 0.1) is 11.8 Å². The number of rotatable bonds is 6. The first-order valence-electron chi connectivity index (χ1n) is 9.14. The minimum Gasteiger partial charge on any atom is -0.496 e. The predicted octanol–water partition coefficient (Wildman–Crippen LogP) is 3.44. The number of urea groups is 1. The molecule has 25 heavy (non-hydrogen) atoms. The van der Waals surface area contributed by atoms with Crippen molar-refractivity contribution >= 4 is 6.03 Å². The van der Waals surface area contributed by atoms with Gasteiger partial charge in [0.2, 0.25) is 6.79 Å². The Hall–Kier alpha value is -2.11. The van der Waals surface area contributed by atoms with Crippen LogP contribution in [0.25, 0.3) is 0 Å². The number of fused-ring (bicyclic) bond motifs is 1. The van der Waals surface area contributed by atoms with Gasteiger partial charge in [0.15, 0.2) is 11.5 Å². The number of amides is 2. The molecule has 2 N–H and O–H groups in total. The number of hydrogen-bond acceptors (Lipinski definition) is 4. The van der Waals surface area contributed by atoms with Gasteiger partial charge < -0.3 is 24.8 Å². The zero-order valence-corrected chi connectivity index (χ0v) is 15.1. The standard InChI is InChI=1S/C19H28N2O4/c1-13-4-3-5-14(8-13)6-7-20-19(22)21-11-15-9-17-18(25-12-24-17)10-16(15)23-2/h9-10,13-14H,3-8,11-12H2,1-2H3,(H2,20,21,22). The Morgan fingerprint density at radius 1 is 1.24 bits per heavy atom. The fraction of sp³-hybridized carbons (Fsp3) is 0.632. The molecule has 0 radical (unpaired) electrons. The first kappa shape index (κ1) is 17.7. The number of benzene rings is 1. The van der Waals surface area contributed by atoms with Crippen LogP contribution in [0.2, 0.25) is 0 Å². The molecule has 6 heteroatoms. The summed E-state index contributed by atoms with van der Waals surface area (Å²) in [4.78, 5) is 12.0. The van der Waals surface area contributed by atoms with Crippen molar-refractivity contribution in [2.75, 3.05) is 20.4 Å². The summed E-state index contributed by atoms with van der Waals surface area (Å²) in [7, 11) is 1.60. The van der Waals surface area contributed by atoms with E-state index < -0.39 is 0 Å². The Labute approximate surface area is 149 Å². The van der Waals surface area contributed by atoms with E-state index in [2.05, 4.69) is 17.6 Å². The molecule has 138 valence electrons. The van der Waals surface area contributed by atoms with Gasteiger partial charge >= 0.3 is 6.03 Å². The Bertz CT molecular complexity index is 605. The highest BCUT2D eigenvalue weighted by atomic mass is 16.7. The van der Waals surface area contributed by atoms with Gasteiger partial charge in [-0.2, -0.15) is 0 Å². The van der Waals surface area contributed by atoms with Gasteiger partial charge in [-0.15, -0.1) is 0 Å². The summed E-state index contributed by atoms with van der Waals surface area (Å²) < 4.78 is 16.1. The third kappa shape index (κ3) is 4.71. The molecule has 0 aromatic heterocycles. The maximum Gasteiger partial charge on any atom is 0.315 e. The molecule has 0 saturated heterocycles.